The van der Waals surface area contributed by atoms with E-state index in [9.17, 15) is 9.59 Å². The van der Waals surface area contributed by atoms with Gasteiger partial charge in [-0.3, -0.25) is 9.59 Å². The molecule has 1 fully saturated rings. The van der Waals surface area contributed by atoms with E-state index in [1.54, 1.807) is 30.3 Å². The van der Waals surface area contributed by atoms with Gasteiger partial charge < -0.3 is 19.4 Å². The number of carbonyl (C=O) groups excluding carboxylic acids is 2. The van der Waals surface area contributed by atoms with Gasteiger partial charge in [0.15, 0.2) is 0 Å². The monoisotopic (exact) mass is 484 g/mol. The number of likely N-dealkylation sites (tertiary alicyclic amines) is 1. The van der Waals surface area contributed by atoms with E-state index in [4.69, 9.17) is 14.3 Å². The zero-order valence-electron chi connectivity index (χ0n) is 20.1. The molecule has 36 heavy (non-hydrogen) atoms. The van der Waals surface area contributed by atoms with Gasteiger partial charge in [0.05, 0.1) is 31.2 Å². The minimum atomic E-state index is -0.128. The maximum Gasteiger partial charge on any atom is 0.257 e. The molecule has 8 nitrogen and oxygen atoms in total. The van der Waals surface area contributed by atoms with Crippen LogP contribution in [-0.4, -0.2) is 46.7 Å². The first kappa shape index (κ1) is 23.4. The van der Waals surface area contributed by atoms with Crippen LogP contribution in [0.15, 0.2) is 83.6 Å². The maximum atomic E-state index is 13.7. The maximum absolute atomic E-state index is 13.7. The molecule has 0 saturated carbocycles. The Balaban J connectivity index is 1.32. The molecule has 0 aliphatic carbocycles. The third kappa shape index (κ3) is 5.02. The third-order valence-corrected chi connectivity index (χ3v) is 6.50. The van der Waals surface area contributed by atoms with Crippen molar-refractivity contribution in [3.05, 3.63) is 90.5 Å². The number of rotatable bonds is 7. The Bertz CT molecular complexity index is 1310. The highest BCUT2D eigenvalue weighted by Gasteiger charge is 2.30. The van der Waals surface area contributed by atoms with E-state index in [0.717, 1.165) is 22.8 Å². The lowest BCUT2D eigenvalue weighted by atomic mass is 9.95. The average Bonchev–Trinajstić information content (AvgIpc) is 3.63. The number of hydrogen-bond donors (Lipinski definition) is 1. The van der Waals surface area contributed by atoms with Crippen molar-refractivity contribution < 1.29 is 18.7 Å². The first-order chi connectivity index (χ1) is 17.6. The number of amides is 2. The van der Waals surface area contributed by atoms with Gasteiger partial charge in [-0.15, -0.1) is 0 Å². The fourth-order valence-corrected chi connectivity index (χ4v) is 4.45. The van der Waals surface area contributed by atoms with Crippen LogP contribution in [0.25, 0.3) is 16.9 Å². The molecule has 0 unspecified atom stereocenters. The van der Waals surface area contributed by atoms with Crippen molar-refractivity contribution in [3.8, 4) is 22.7 Å². The highest BCUT2D eigenvalue weighted by atomic mass is 16.5. The Hall–Kier alpha value is -4.33. The lowest BCUT2D eigenvalue weighted by Crippen LogP contribution is -2.43. The first-order valence-electron chi connectivity index (χ1n) is 12.0. The van der Waals surface area contributed by atoms with Crippen molar-refractivity contribution in [1.29, 1.82) is 0 Å². The third-order valence-electron chi connectivity index (χ3n) is 6.50. The molecule has 4 aromatic rings. The van der Waals surface area contributed by atoms with Gasteiger partial charge in [-0.1, -0.05) is 18.2 Å². The molecule has 1 N–H and O–H groups in total. The molecule has 0 radical (unpaired) electrons. The van der Waals surface area contributed by atoms with E-state index in [1.165, 1.54) is 0 Å². The number of piperidine rings is 1. The molecule has 3 heterocycles. The van der Waals surface area contributed by atoms with Gasteiger partial charge in [-0.05, 0) is 61.4 Å². The molecule has 2 aromatic heterocycles. The lowest BCUT2D eigenvalue weighted by molar-refractivity contribution is -0.126. The van der Waals surface area contributed by atoms with Gasteiger partial charge in [0.1, 0.15) is 17.2 Å². The Morgan fingerprint density at radius 1 is 1.03 bits per heavy atom. The minimum absolute atomic E-state index is 0.00526. The molecular formula is C28H28N4O4. The van der Waals surface area contributed by atoms with Crippen LogP contribution in [-0.2, 0) is 11.3 Å². The van der Waals surface area contributed by atoms with Gasteiger partial charge in [0.25, 0.3) is 5.91 Å². The smallest absolute Gasteiger partial charge is 0.257 e. The Morgan fingerprint density at radius 2 is 1.78 bits per heavy atom. The fraction of sp³-hybridized carbons (Fsp3) is 0.250. The lowest BCUT2D eigenvalue weighted by Gasteiger charge is -2.31. The number of carbonyl (C=O) groups is 2. The summed E-state index contributed by atoms with van der Waals surface area (Å²) >= 11 is 0. The molecule has 1 aliphatic rings. The molecular weight excluding hydrogens is 456 g/mol. The number of ether oxygens (including phenoxy) is 1. The van der Waals surface area contributed by atoms with Crippen molar-refractivity contribution in [3.63, 3.8) is 0 Å². The van der Waals surface area contributed by atoms with Crippen LogP contribution in [0.3, 0.4) is 0 Å². The quantitative estimate of drug-likeness (QED) is 0.422. The summed E-state index contributed by atoms with van der Waals surface area (Å²) in [5.74, 6) is 1.24. The van der Waals surface area contributed by atoms with Crippen molar-refractivity contribution in [2.75, 3.05) is 20.2 Å². The predicted octanol–water partition coefficient (Wildman–Crippen LogP) is 4.31. The summed E-state index contributed by atoms with van der Waals surface area (Å²) in [6, 6.07) is 20.9. The predicted molar refractivity (Wildman–Crippen MR) is 135 cm³/mol. The van der Waals surface area contributed by atoms with Crippen molar-refractivity contribution in [2.24, 2.45) is 5.92 Å². The Morgan fingerprint density at radius 3 is 2.44 bits per heavy atom. The SMILES string of the molecule is COc1ccc(-c2nn(-c3ccccc3)cc2C(=O)N2CCC(C(=O)NCc3ccco3)CC2)cc1. The summed E-state index contributed by atoms with van der Waals surface area (Å²) in [7, 11) is 1.62. The fourth-order valence-electron chi connectivity index (χ4n) is 4.45. The summed E-state index contributed by atoms with van der Waals surface area (Å²) in [5.41, 5.74) is 2.86. The molecule has 1 aliphatic heterocycles. The zero-order valence-corrected chi connectivity index (χ0v) is 20.1. The van der Waals surface area contributed by atoms with Crippen LogP contribution >= 0.6 is 0 Å². The number of nitrogens with one attached hydrogen (secondary N) is 1. The molecule has 0 bridgehead atoms. The Labute approximate surface area is 209 Å². The van der Waals surface area contributed by atoms with Crippen molar-refractivity contribution >= 4 is 11.8 Å². The molecule has 8 heteroatoms. The van der Waals surface area contributed by atoms with Gasteiger partial charge in [0, 0.05) is 30.8 Å². The van der Waals surface area contributed by atoms with E-state index in [2.05, 4.69) is 5.32 Å². The second kappa shape index (κ2) is 10.5. The first-order valence-corrected chi connectivity index (χ1v) is 12.0. The molecule has 2 aromatic carbocycles. The molecule has 5 rings (SSSR count). The molecule has 1 saturated heterocycles. The highest BCUT2D eigenvalue weighted by molar-refractivity contribution is 6.00. The number of aromatic nitrogens is 2. The van der Waals surface area contributed by atoms with Gasteiger partial charge >= 0.3 is 0 Å². The molecule has 2 amide bonds. The summed E-state index contributed by atoms with van der Waals surface area (Å²) in [4.78, 5) is 28.1. The number of hydrogen-bond acceptors (Lipinski definition) is 5. The summed E-state index contributed by atoms with van der Waals surface area (Å²) < 4.78 is 12.3. The highest BCUT2D eigenvalue weighted by Crippen LogP contribution is 2.28. The van der Waals surface area contributed by atoms with Gasteiger partial charge in [-0.25, -0.2) is 4.68 Å². The Kier molecular flexibility index (Phi) is 6.84. The van der Waals surface area contributed by atoms with Crippen LogP contribution in [0.1, 0.15) is 29.0 Å². The topological polar surface area (TPSA) is 89.6 Å². The second-order valence-corrected chi connectivity index (χ2v) is 8.76. The van der Waals surface area contributed by atoms with E-state index >= 15 is 0 Å². The number of benzene rings is 2. The largest absolute Gasteiger partial charge is 0.497 e. The van der Waals surface area contributed by atoms with Crippen LogP contribution in [0.4, 0.5) is 0 Å². The number of furan rings is 1. The van der Waals surface area contributed by atoms with E-state index in [0.29, 0.717) is 43.7 Å². The number of methoxy groups -OCH3 is 1. The summed E-state index contributed by atoms with van der Waals surface area (Å²) in [5, 5.41) is 7.70. The van der Waals surface area contributed by atoms with Crippen LogP contribution in [0.2, 0.25) is 0 Å². The number of para-hydroxylation sites is 1. The van der Waals surface area contributed by atoms with E-state index < -0.39 is 0 Å². The molecule has 0 atom stereocenters. The van der Waals surface area contributed by atoms with Crippen LogP contribution < -0.4 is 10.1 Å². The number of nitrogens with zero attached hydrogens (tertiary/aromatic N) is 3. The zero-order chi connectivity index (χ0) is 24.9. The second-order valence-electron chi connectivity index (χ2n) is 8.76. The minimum Gasteiger partial charge on any atom is -0.497 e. The summed E-state index contributed by atoms with van der Waals surface area (Å²) in [6.45, 7) is 1.39. The van der Waals surface area contributed by atoms with Gasteiger partial charge in [-0.2, -0.15) is 5.10 Å². The van der Waals surface area contributed by atoms with E-state index in [-0.39, 0.29) is 17.7 Å². The molecule has 184 valence electrons. The normalized spacial score (nSPS) is 14.0. The van der Waals surface area contributed by atoms with Crippen LogP contribution in [0, 0.1) is 5.92 Å². The van der Waals surface area contributed by atoms with Crippen LogP contribution in [0.5, 0.6) is 5.75 Å². The van der Waals surface area contributed by atoms with Crippen molar-refractivity contribution in [2.45, 2.75) is 19.4 Å². The van der Waals surface area contributed by atoms with E-state index in [1.807, 2.05) is 65.6 Å². The summed E-state index contributed by atoms with van der Waals surface area (Å²) in [6.07, 6.45) is 4.60. The van der Waals surface area contributed by atoms with Crippen molar-refractivity contribution in [1.82, 2.24) is 20.0 Å². The standard InChI is InChI=1S/C28H28N4O4/c1-35-23-11-9-20(10-12-23)26-25(19-32(30-26)22-6-3-2-4-7-22)28(34)31-15-13-21(14-16-31)27(33)29-18-24-8-5-17-36-24/h2-12,17,19,21H,13-16,18H2,1H3,(H,29,33). The average molecular weight is 485 g/mol. The van der Waals surface area contributed by atoms with Gasteiger partial charge in [0.2, 0.25) is 5.91 Å². The molecule has 0 spiro atoms.